The van der Waals surface area contributed by atoms with E-state index in [1.807, 2.05) is 18.7 Å². The van der Waals surface area contributed by atoms with Gasteiger partial charge in [0.1, 0.15) is 5.76 Å². The Bertz CT molecular complexity index is 824. The number of fused-ring (bicyclic) bond motifs is 1. The van der Waals surface area contributed by atoms with Gasteiger partial charge >= 0.3 is 0 Å². The van der Waals surface area contributed by atoms with Crippen molar-refractivity contribution in [2.45, 2.75) is 37.8 Å². The van der Waals surface area contributed by atoms with Crippen LogP contribution < -0.4 is 4.90 Å². The zero-order chi connectivity index (χ0) is 16.8. The van der Waals surface area contributed by atoms with E-state index in [2.05, 4.69) is 5.16 Å². The molecule has 0 saturated carbocycles. The van der Waals surface area contributed by atoms with Crippen molar-refractivity contribution >= 4 is 15.8 Å². The van der Waals surface area contributed by atoms with Crippen molar-refractivity contribution in [2.75, 3.05) is 11.4 Å². The van der Waals surface area contributed by atoms with Crippen LogP contribution in [0.5, 0.6) is 0 Å². The Morgan fingerprint density at radius 3 is 2.74 bits per heavy atom. The number of anilines is 1. The Morgan fingerprint density at radius 1 is 1.39 bits per heavy atom. The van der Waals surface area contributed by atoms with E-state index in [9.17, 15) is 18.1 Å². The van der Waals surface area contributed by atoms with Gasteiger partial charge in [0, 0.05) is 29.9 Å². The molecule has 2 heterocycles. The number of aliphatic hydroxyl groups excluding tert-OH is 1. The first kappa shape index (κ1) is 16.0. The molecule has 1 aromatic heterocycles. The largest absolute Gasteiger partial charge is 0.388 e. The highest BCUT2D eigenvalue weighted by Gasteiger charge is 2.27. The van der Waals surface area contributed by atoms with E-state index in [-0.39, 0.29) is 4.90 Å². The summed E-state index contributed by atoms with van der Waals surface area (Å²) in [7, 11) is -4.30. The number of nitrogens with zero attached hydrogens (tertiary/aromatic N) is 2. The lowest BCUT2D eigenvalue weighted by molar-refractivity contribution is 0.163. The lowest BCUT2D eigenvalue weighted by Crippen LogP contribution is -2.31. The molecule has 8 heteroatoms. The van der Waals surface area contributed by atoms with E-state index in [1.54, 1.807) is 6.07 Å². The fourth-order valence-corrected chi connectivity index (χ4v) is 3.40. The molecule has 124 valence electrons. The number of hydrogen-bond acceptors (Lipinski definition) is 6. The average molecular weight is 338 g/mol. The maximum atomic E-state index is 11.3. The first-order chi connectivity index (χ1) is 10.8. The summed E-state index contributed by atoms with van der Waals surface area (Å²) in [6.45, 7) is 4.90. The smallest absolute Gasteiger partial charge is 0.294 e. The molecule has 1 aliphatic heterocycles. The van der Waals surface area contributed by atoms with Gasteiger partial charge in [-0.2, -0.15) is 8.42 Å². The first-order valence-electron chi connectivity index (χ1n) is 7.23. The molecule has 0 spiro atoms. The highest BCUT2D eigenvalue weighted by molar-refractivity contribution is 7.85. The van der Waals surface area contributed by atoms with Gasteiger partial charge in [-0.05, 0) is 38.5 Å². The molecule has 2 N–H and O–H groups in total. The number of rotatable bonds is 3. The number of benzene rings is 1. The third-order valence-electron chi connectivity index (χ3n) is 4.20. The average Bonchev–Trinajstić information content (AvgIpc) is 2.80. The summed E-state index contributed by atoms with van der Waals surface area (Å²) >= 11 is 0. The van der Waals surface area contributed by atoms with Gasteiger partial charge in [0.15, 0.2) is 0 Å². The second kappa shape index (κ2) is 5.63. The number of aromatic nitrogens is 1. The van der Waals surface area contributed by atoms with Crippen molar-refractivity contribution < 1.29 is 22.6 Å². The second-order valence-corrected chi connectivity index (χ2v) is 7.15. The van der Waals surface area contributed by atoms with Crippen molar-refractivity contribution in [2.24, 2.45) is 0 Å². The van der Waals surface area contributed by atoms with E-state index in [1.165, 1.54) is 12.1 Å². The molecule has 0 amide bonds. The van der Waals surface area contributed by atoms with E-state index >= 15 is 0 Å². The summed E-state index contributed by atoms with van der Waals surface area (Å²) in [5.41, 5.74) is 3.03. The monoisotopic (exact) mass is 338 g/mol. The Morgan fingerprint density at radius 2 is 2.13 bits per heavy atom. The quantitative estimate of drug-likeness (QED) is 0.825. The van der Waals surface area contributed by atoms with Gasteiger partial charge in [0.25, 0.3) is 10.1 Å². The molecular weight excluding hydrogens is 320 g/mol. The molecule has 7 nitrogen and oxygen atoms in total. The molecule has 0 bridgehead atoms. The van der Waals surface area contributed by atoms with Crippen molar-refractivity contribution in [3.63, 3.8) is 0 Å². The van der Waals surface area contributed by atoms with E-state index in [0.29, 0.717) is 25.1 Å². The summed E-state index contributed by atoms with van der Waals surface area (Å²) in [5.74, 6) is 0.740. The van der Waals surface area contributed by atoms with Crippen LogP contribution in [-0.2, 0) is 16.7 Å². The van der Waals surface area contributed by atoms with Gasteiger partial charge < -0.3 is 14.5 Å². The van der Waals surface area contributed by atoms with Crippen LogP contribution in [0.25, 0.3) is 0 Å². The van der Waals surface area contributed by atoms with Crippen molar-refractivity contribution in [3.8, 4) is 0 Å². The Kier molecular flexibility index (Phi) is 3.91. The molecule has 1 atom stereocenters. The van der Waals surface area contributed by atoms with Gasteiger partial charge in [0.2, 0.25) is 0 Å². The van der Waals surface area contributed by atoms with Crippen LogP contribution in [0.3, 0.4) is 0 Å². The maximum Gasteiger partial charge on any atom is 0.294 e. The molecule has 0 saturated heterocycles. The van der Waals surface area contributed by atoms with Gasteiger partial charge in [-0.1, -0.05) is 5.16 Å². The standard InChI is InChI=1S/C15H18N2O5S/c1-9-13(10(2)22-16-9)8-17-6-5-15(18)12-7-11(23(19,20)21)3-4-14(12)17/h3-4,7,15,18H,5-6,8H2,1-2H3,(H,19,20,21). The summed E-state index contributed by atoms with van der Waals surface area (Å²) in [5, 5.41) is 14.1. The zero-order valence-corrected chi connectivity index (χ0v) is 13.7. The lowest BCUT2D eigenvalue weighted by Gasteiger charge is -2.34. The molecule has 0 aliphatic carbocycles. The molecule has 3 rings (SSSR count). The van der Waals surface area contributed by atoms with Gasteiger partial charge in [-0.25, -0.2) is 0 Å². The minimum atomic E-state index is -4.30. The van der Waals surface area contributed by atoms with Gasteiger partial charge in [-0.3, -0.25) is 4.55 Å². The Balaban J connectivity index is 2.00. The molecule has 1 aliphatic rings. The van der Waals surface area contributed by atoms with E-state index < -0.39 is 16.2 Å². The first-order valence-corrected chi connectivity index (χ1v) is 8.67. The molecule has 1 unspecified atom stereocenters. The van der Waals surface area contributed by atoms with Crippen LogP contribution in [0.1, 0.15) is 35.1 Å². The van der Waals surface area contributed by atoms with Crippen LogP contribution in [0.4, 0.5) is 5.69 Å². The minimum absolute atomic E-state index is 0.213. The molecule has 1 aromatic carbocycles. The fourth-order valence-electron chi connectivity index (χ4n) is 2.88. The topological polar surface area (TPSA) is 104 Å². The Hall–Kier alpha value is -1.90. The molecular formula is C15H18N2O5S. The number of hydrogen-bond donors (Lipinski definition) is 2. The summed E-state index contributed by atoms with van der Waals surface area (Å²) in [6.07, 6.45) is -0.279. The van der Waals surface area contributed by atoms with Crippen molar-refractivity contribution in [1.82, 2.24) is 5.16 Å². The zero-order valence-electron chi connectivity index (χ0n) is 12.9. The predicted molar refractivity (Wildman–Crippen MR) is 82.9 cm³/mol. The van der Waals surface area contributed by atoms with Crippen LogP contribution in [0.2, 0.25) is 0 Å². The SMILES string of the molecule is Cc1noc(C)c1CN1CCC(O)c2cc(S(=O)(=O)O)ccc21. The van der Waals surface area contributed by atoms with E-state index in [4.69, 9.17) is 4.52 Å². The highest BCUT2D eigenvalue weighted by atomic mass is 32.2. The molecule has 0 radical (unpaired) electrons. The normalized spacial score (nSPS) is 18.1. The van der Waals surface area contributed by atoms with Crippen molar-refractivity contribution in [3.05, 3.63) is 40.8 Å². The Labute approximate surface area is 134 Å². The summed E-state index contributed by atoms with van der Waals surface area (Å²) in [6, 6.07) is 4.28. The van der Waals surface area contributed by atoms with Gasteiger partial charge in [-0.15, -0.1) is 0 Å². The number of aryl methyl sites for hydroxylation is 2. The van der Waals surface area contributed by atoms with Gasteiger partial charge in [0.05, 0.1) is 16.7 Å². The van der Waals surface area contributed by atoms with Crippen molar-refractivity contribution in [1.29, 1.82) is 0 Å². The van der Waals surface area contributed by atoms with Crippen LogP contribution in [0, 0.1) is 13.8 Å². The van der Waals surface area contributed by atoms with Crippen LogP contribution >= 0.6 is 0 Å². The van der Waals surface area contributed by atoms with Crippen LogP contribution in [-0.4, -0.2) is 29.8 Å². The lowest BCUT2D eigenvalue weighted by atomic mass is 9.98. The van der Waals surface area contributed by atoms with Crippen LogP contribution in [0.15, 0.2) is 27.6 Å². The third kappa shape index (κ3) is 2.97. The fraction of sp³-hybridized carbons (Fsp3) is 0.400. The second-order valence-electron chi connectivity index (χ2n) is 5.72. The minimum Gasteiger partial charge on any atom is -0.388 e. The maximum absolute atomic E-state index is 11.3. The summed E-state index contributed by atoms with van der Waals surface area (Å²) < 4.78 is 36.9. The predicted octanol–water partition coefficient (Wildman–Crippen LogP) is 1.98. The molecule has 0 fully saturated rings. The molecule has 23 heavy (non-hydrogen) atoms. The summed E-state index contributed by atoms with van der Waals surface area (Å²) in [4.78, 5) is 1.83. The van der Waals surface area contributed by atoms with E-state index in [0.717, 1.165) is 22.7 Å². The number of aliphatic hydroxyl groups is 1. The third-order valence-corrected chi connectivity index (χ3v) is 5.05. The molecule has 2 aromatic rings. The highest BCUT2D eigenvalue weighted by Crippen LogP contribution is 2.36.